The van der Waals surface area contributed by atoms with Crippen molar-refractivity contribution in [2.24, 2.45) is 0 Å². The predicted molar refractivity (Wildman–Crippen MR) is 58.2 cm³/mol. The highest BCUT2D eigenvalue weighted by atomic mass is 16.5. The third-order valence-electron chi connectivity index (χ3n) is 2.81. The molecule has 14 heavy (non-hydrogen) atoms. The zero-order chi connectivity index (χ0) is 10.6. The lowest BCUT2D eigenvalue weighted by atomic mass is 9.92. The Labute approximate surface area is 87.0 Å². The van der Waals surface area contributed by atoms with E-state index in [2.05, 4.69) is 20.4 Å². The fraction of sp³-hybridized carbons (Fsp3) is 0.833. The maximum Gasteiger partial charge on any atom is 0.101 e. The molecule has 1 rings (SSSR count). The maximum absolute atomic E-state index is 9.83. The zero-order valence-electron chi connectivity index (χ0n) is 9.33. The molecular formula is C12H22O2. The van der Waals surface area contributed by atoms with Crippen LogP contribution < -0.4 is 0 Å². The largest absolute Gasteiger partial charge is 0.386 e. The minimum Gasteiger partial charge on any atom is -0.386 e. The van der Waals surface area contributed by atoms with E-state index in [0.717, 1.165) is 37.7 Å². The molecule has 0 bridgehead atoms. The molecule has 82 valence electrons. The Hall–Kier alpha value is -0.340. The van der Waals surface area contributed by atoms with Gasteiger partial charge in [-0.1, -0.05) is 33.3 Å². The van der Waals surface area contributed by atoms with Gasteiger partial charge in [-0.15, -0.1) is 0 Å². The first kappa shape index (κ1) is 11.7. The molecular weight excluding hydrogens is 176 g/mol. The van der Waals surface area contributed by atoms with Gasteiger partial charge in [-0.05, 0) is 24.8 Å². The third-order valence-corrected chi connectivity index (χ3v) is 2.81. The molecule has 2 heteroatoms. The fourth-order valence-corrected chi connectivity index (χ4v) is 2.05. The molecule has 1 saturated heterocycles. The van der Waals surface area contributed by atoms with Gasteiger partial charge in [0.05, 0.1) is 12.2 Å². The van der Waals surface area contributed by atoms with E-state index >= 15 is 0 Å². The van der Waals surface area contributed by atoms with Crippen molar-refractivity contribution in [2.75, 3.05) is 0 Å². The van der Waals surface area contributed by atoms with E-state index in [1.807, 2.05) is 0 Å². The van der Waals surface area contributed by atoms with Crippen LogP contribution >= 0.6 is 0 Å². The molecule has 1 heterocycles. The summed E-state index contributed by atoms with van der Waals surface area (Å²) >= 11 is 0. The molecule has 0 aromatic heterocycles. The lowest BCUT2D eigenvalue weighted by Crippen LogP contribution is -2.40. The van der Waals surface area contributed by atoms with Crippen LogP contribution in [0.1, 0.15) is 46.0 Å². The molecule has 1 aliphatic rings. The van der Waals surface area contributed by atoms with Crippen LogP contribution in [0.25, 0.3) is 0 Å². The molecule has 0 amide bonds. The summed E-state index contributed by atoms with van der Waals surface area (Å²) in [4.78, 5) is 0. The van der Waals surface area contributed by atoms with Crippen LogP contribution in [0.3, 0.4) is 0 Å². The fourth-order valence-electron chi connectivity index (χ4n) is 2.05. The first-order valence-electron chi connectivity index (χ1n) is 5.70. The predicted octanol–water partition coefficient (Wildman–Crippen LogP) is 2.66. The number of aliphatic hydroxyl groups is 1. The average molecular weight is 198 g/mol. The molecule has 1 fully saturated rings. The first-order valence-corrected chi connectivity index (χ1v) is 5.70. The first-order chi connectivity index (χ1) is 6.69. The molecule has 2 nitrogen and oxygen atoms in total. The van der Waals surface area contributed by atoms with Crippen LogP contribution in [0, 0.1) is 0 Å². The van der Waals surface area contributed by atoms with E-state index in [1.165, 1.54) is 0 Å². The van der Waals surface area contributed by atoms with Crippen molar-refractivity contribution in [3.63, 3.8) is 0 Å². The number of hydrogen-bond donors (Lipinski definition) is 1. The van der Waals surface area contributed by atoms with Gasteiger partial charge >= 0.3 is 0 Å². The second kappa shape index (κ2) is 5.52. The molecule has 0 radical (unpaired) electrons. The SMILES string of the molecule is C=C1C[C@H](CCC)O[C@H](CCC)[C@@H]1O. The van der Waals surface area contributed by atoms with Crippen molar-refractivity contribution in [3.05, 3.63) is 12.2 Å². The van der Waals surface area contributed by atoms with Gasteiger partial charge in [0, 0.05) is 0 Å². The molecule has 0 saturated carbocycles. The van der Waals surface area contributed by atoms with Crippen LogP contribution in [0.5, 0.6) is 0 Å². The van der Waals surface area contributed by atoms with Gasteiger partial charge in [0.2, 0.25) is 0 Å². The summed E-state index contributed by atoms with van der Waals surface area (Å²) in [5.41, 5.74) is 0.952. The van der Waals surface area contributed by atoms with Crippen molar-refractivity contribution in [1.82, 2.24) is 0 Å². The quantitative estimate of drug-likeness (QED) is 0.704. The zero-order valence-corrected chi connectivity index (χ0v) is 9.33. The highest BCUT2D eigenvalue weighted by molar-refractivity contribution is 5.09. The molecule has 0 spiro atoms. The average Bonchev–Trinajstić information content (AvgIpc) is 2.14. The van der Waals surface area contributed by atoms with Crippen LogP contribution in [-0.2, 0) is 4.74 Å². The summed E-state index contributed by atoms with van der Waals surface area (Å²) in [6.07, 6.45) is 4.84. The third kappa shape index (κ3) is 2.82. The summed E-state index contributed by atoms with van der Waals surface area (Å²) in [5, 5.41) is 9.83. The lowest BCUT2D eigenvalue weighted by Gasteiger charge is -2.35. The molecule has 0 aliphatic carbocycles. The van der Waals surface area contributed by atoms with E-state index in [1.54, 1.807) is 0 Å². The molecule has 3 atom stereocenters. The molecule has 0 unspecified atom stereocenters. The van der Waals surface area contributed by atoms with Crippen molar-refractivity contribution in [1.29, 1.82) is 0 Å². The Balaban J connectivity index is 2.52. The maximum atomic E-state index is 9.83. The van der Waals surface area contributed by atoms with Crippen LogP contribution in [-0.4, -0.2) is 23.4 Å². The monoisotopic (exact) mass is 198 g/mol. The van der Waals surface area contributed by atoms with E-state index in [4.69, 9.17) is 4.74 Å². The van der Waals surface area contributed by atoms with Gasteiger partial charge in [-0.25, -0.2) is 0 Å². The van der Waals surface area contributed by atoms with Crippen LogP contribution in [0.15, 0.2) is 12.2 Å². The number of ether oxygens (including phenoxy) is 1. The minimum absolute atomic E-state index is 0.0159. The van der Waals surface area contributed by atoms with Crippen LogP contribution in [0.2, 0.25) is 0 Å². The van der Waals surface area contributed by atoms with Gasteiger partial charge in [0.25, 0.3) is 0 Å². The number of aliphatic hydroxyl groups excluding tert-OH is 1. The summed E-state index contributed by atoms with van der Waals surface area (Å²) in [5.74, 6) is 0. The minimum atomic E-state index is -0.442. The number of hydrogen-bond acceptors (Lipinski definition) is 2. The molecule has 0 aromatic carbocycles. The Bertz CT molecular complexity index is 189. The van der Waals surface area contributed by atoms with Crippen molar-refractivity contribution in [2.45, 2.75) is 64.3 Å². The number of rotatable bonds is 4. The molecule has 0 aromatic rings. The summed E-state index contributed by atoms with van der Waals surface area (Å²) in [6.45, 7) is 8.20. The highest BCUT2D eigenvalue weighted by Crippen LogP contribution is 2.28. The van der Waals surface area contributed by atoms with Gasteiger partial charge in [0.15, 0.2) is 0 Å². The van der Waals surface area contributed by atoms with Gasteiger partial charge in [0.1, 0.15) is 6.10 Å². The Morgan fingerprint density at radius 2 is 2.00 bits per heavy atom. The second-order valence-electron chi connectivity index (χ2n) is 4.18. The van der Waals surface area contributed by atoms with Gasteiger partial charge in [-0.2, -0.15) is 0 Å². The van der Waals surface area contributed by atoms with E-state index in [9.17, 15) is 5.11 Å². The van der Waals surface area contributed by atoms with Crippen molar-refractivity contribution >= 4 is 0 Å². The van der Waals surface area contributed by atoms with Gasteiger partial charge < -0.3 is 9.84 Å². The van der Waals surface area contributed by atoms with E-state index < -0.39 is 6.10 Å². The second-order valence-corrected chi connectivity index (χ2v) is 4.18. The Morgan fingerprint density at radius 3 is 2.57 bits per heavy atom. The summed E-state index contributed by atoms with van der Waals surface area (Å²) < 4.78 is 5.84. The Kier molecular flexibility index (Phi) is 4.63. The Morgan fingerprint density at radius 1 is 1.36 bits per heavy atom. The van der Waals surface area contributed by atoms with Crippen LogP contribution in [0.4, 0.5) is 0 Å². The summed E-state index contributed by atoms with van der Waals surface area (Å²) in [6, 6.07) is 0. The normalized spacial score (nSPS) is 33.4. The van der Waals surface area contributed by atoms with Gasteiger partial charge in [-0.3, -0.25) is 0 Å². The van der Waals surface area contributed by atoms with E-state index in [-0.39, 0.29) is 12.2 Å². The molecule has 1 N–H and O–H groups in total. The lowest BCUT2D eigenvalue weighted by molar-refractivity contribution is -0.0962. The smallest absolute Gasteiger partial charge is 0.101 e. The topological polar surface area (TPSA) is 29.5 Å². The van der Waals surface area contributed by atoms with E-state index in [0.29, 0.717) is 0 Å². The highest BCUT2D eigenvalue weighted by Gasteiger charge is 2.31. The summed E-state index contributed by atoms with van der Waals surface area (Å²) in [7, 11) is 0. The van der Waals surface area contributed by atoms with Crippen molar-refractivity contribution in [3.8, 4) is 0 Å². The van der Waals surface area contributed by atoms with Crippen molar-refractivity contribution < 1.29 is 9.84 Å². The molecule has 1 aliphatic heterocycles. The standard InChI is InChI=1S/C12H22O2/c1-4-6-10-8-9(3)12(13)11(14-10)7-5-2/h10-13H,3-8H2,1-2H3/t10-,11+,12+/m0/s1.